The molecule has 0 bridgehead atoms. The van der Waals surface area contributed by atoms with Crippen molar-refractivity contribution < 1.29 is 9.21 Å². The zero-order valence-electron chi connectivity index (χ0n) is 16.1. The van der Waals surface area contributed by atoms with Crippen LogP contribution in [0, 0.1) is 0 Å². The maximum absolute atomic E-state index is 12.4. The van der Waals surface area contributed by atoms with Crippen LogP contribution in [0.25, 0.3) is 22.6 Å². The van der Waals surface area contributed by atoms with E-state index in [4.69, 9.17) is 16.0 Å². The summed E-state index contributed by atoms with van der Waals surface area (Å²) in [5.41, 5.74) is 4.68. The fraction of sp³-hybridized carbons (Fsp3) is 0.174. The van der Waals surface area contributed by atoms with Crippen LogP contribution in [0.1, 0.15) is 42.1 Å². The molecule has 2 heterocycles. The number of hydrogen-bond acceptors (Lipinski definition) is 4. The van der Waals surface area contributed by atoms with Crippen LogP contribution in [0.5, 0.6) is 0 Å². The first-order chi connectivity index (χ1) is 14.0. The van der Waals surface area contributed by atoms with E-state index in [0.717, 1.165) is 23.1 Å². The second-order valence-corrected chi connectivity index (χ2v) is 7.29. The molecule has 0 fully saturated rings. The molecule has 5 nitrogen and oxygen atoms in total. The van der Waals surface area contributed by atoms with Gasteiger partial charge in [-0.3, -0.25) is 4.79 Å². The van der Waals surface area contributed by atoms with Gasteiger partial charge in [0.15, 0.2) is 5.58 Å². The fourth-order valence-corrected chi connectivity index (χ4v) is 3.27. The van der Waals surface area contributed by atoms with E-state index in [9.17, 15) is 4.79 Å². The van der Waals surface area contributed by atoms with Crippen LogP contribution < -0.4 is 5.32 Å². The number of hydrogen-bond donors (Lipinski definition) is 1. The first kappa shape index (κ1) is 19.2. The van der Waals surface area contributed by atoms with Crippen molar-refractivity contribution in [2.45, 2.75) is 26.2 Å². The first-order valence-corrected chi connectivity index (χ1v) is 9.85. The van der Waals surface area contributed by atoms with Gasteiger partial charge in [0.25, 0.3) is 5.91 Å². The lowest BCUT2D eigenvalue weighted by Gasteiger charge is -2.07. The van der Waals surface area contributed by atoms with E-state index in [1.54, 1.807) is 30.5 Å². The third-order valence-corrected chi connectivity index (χ3v) is 5.29. The molecular weight excluding hydrogens is 386 g/mol. The standard InChI is InChI=1S/C23H20ClN3O2/c1-3-14(2)16-8-11-20-19(13-16)27-23(29-20)15-6-9-17(10-7-15)26-22(28)18-5-4-12-25-21(18)24/h4-14H,3H2,1-2H3,(H,26,28). The lowest BCUT2D eigenvalue weighted by atomic mass is 9.98. The molecule has 1 atom stereocenters. The summed E-state index contributed by atoms with van der Waals surface area (Å²) >= 11 is 5.98. The number of oxazole rings is 1. The minimum atomic E-state index is -0.310. The molecular formula is C23H20ClN3O2. The highest BCUT2D eigenvalue weighted by atomic mass is 35.5. The normalized spacial score (nSPS) is 12.1. The lowest BCUT2D eigenvalue weighted by Crippen LogP contribution is -2.12. The summed E-state index contributed by atoms with van der Waals surface area (Å²) in [5, 5.41) is 2.99. The molecule has 0 saturated heterocycles. The van der Waals surface area contributed by atoms with Crippen molar-refractivity contribution in [3.8, 4) is 11.5 Å². The Balaban J connectivity index is 1.54. The average molecular weight is 406 g/mol. The van der Waals surface area contributed by atoms with Crippen LogP contribution in [-0.2, 0) is 0 Å². The summed E-state index contributed by atoms with van der Waals surface area (Å²) in [7, 11) is 0. The number of nitrogens with one attached hydrogen (secondary N) is 1. The first-order valence-electron chi connectivity index (χ1n) is 9.48. The number of benzene rings is 2. The van der Waals surface area contributed by atoms with E-state index in [1.807, 2.05) is 18.2 Å². The smallest absolute Gasteiger partial charge is 0.258 e. The molecule has 29 heavy (non-hydrogen) atoms. The van der Waals surface area contributed by atoms with Crippen molar-refractivity contribution in [3.63, 3.8) is 0 Å². The van der Waals surface area contributed by atoms with E-state index in [1.165, 1.54) is 5.56 Å². The number of rotatable bonds is 5. The van der Waals surface area contributed by atoms with Crippen LogP contribution >= 0.6 is 11.6 Å². The van der Waals surface area contributed by atoms with Gasteiger partial charge in [-0.2, -0.15) is 0 Å². The van der Waals surface area contributed by atoms with Crippen molar-refractivity contribution >= 4 is 34.3 Å². The summed E-state index contributed by atoms with van der Waals surface area (Å²) < 4.78 is 5.90. The number of pyridine rings is 1. The number of halogens is 1. The molecule has 0 aliphatic rings. The third-order valence-electron chi connectivity index (χ3n) is 4.99. The highest BCUT2D eigenvalue weighted by Gasteiger charge is 2.13. The third kappa shape index (κ3) is 4.00. The van der Waals surface area contributed by atoms with Crippen molar-refractivity contribution in [1.82, 2.24) is 9.97 Å². The molecule has 2 aromatic carbocycles. The topological polar surface area (TPSA) is 68.0 Å². The van der Waals surface area contributed by atoms with E-state index in [2.05, 4.69) is 41.3 Å². The Kier molecular flexibility index (Phi) is 5.32. The fourth-order valence-electron chi connectivity index (χ4n) is 3.06. The molecule has 6 heteroatoms. The summed E-state index contributed by atoms with van der Waals surface area (Å²) in [6, 6.07) is 16.8. The maximum atomic E-state index is 12.4. The predicted molar refractivity (Wildman–Crippen MR) is 115 cm³/mol. The maximum Gasteiger partial charge on any atom is 0.258 e. The van der Waals surface area contributed by atoms with E-state index >= 15 is 0 Å². The van der Waals surface area contributed by atoms with Gasteiger partial charge >= 0.3 is 0 Å². The summed E-state index contributed by atoms with van der Waals surface area (Å²) in [6.45, 7) is 4.37. The van der Waals surface area contributed by atoms with Gasteiger partial charge in [0.2, 0.25) is 5.89 Å². The molecule has 4 aromatic rings. The number of anilines is 1. The highest BCUT2D eigenvalue weighted by molar-refractivity contribution is 6.33. The van der Waals surface area contributed by atoms with Crippen molar-refractivity contribution in [2.75, 3.05) is 5.32 Å². The SMILES string of the molecule is CCC(C)c1ccc2oc(-c3ccc(NC(=O)c4cccnc4Cl)cc3)nc2c1. The largest absolute Gasteiger partial charge is 0.436 e. The number of nitrogens with zero attached hydrogens (tertiary/aromatic N) is 2. The van der Waals surface area contributed by atoms with Crippen LogP contribution in [0.4, 0.5) is 5.69 Å². The summed E-state index contributed by atoms with van der Waals surface area (Å²) in [5.74, 6) is 0.723. The number of carbonyl (C=O) groups excluding carboxylic acids is 1. The number of amides is 1. The second-order valence-electron chi connectivity index (χ2n) is 6.93. The molecule has 0 aliphatic carbocycles. The number of carbonyl (C=O) groups is 1. The van der Waals surface area contributed by atoms with Crippen molar-refractivity contribution in [2.24, 2.45) is 0 Å². The molecule has 1 N–H and O–H groups in total. The summed E-state index contributed by atoms with van der Waals surface area (Å²) in [4.78, 5) is 20.9. The van der Waals surface area contributed by atoms with Crippen LogP contribution in [0.3, 0.4) is 0 Å². The molecule has 0 aliphatic heterocycles. The Labute approximate surface area is 173 Å². The van der Waals surface area contributed by atoms with Gasteiger partial charge < -0.3 is 9.73 Å². The zero-order chi connectivity index (χ0) is 20.4. The molecule has 0 saturated carbocycles. The quantitative estimate of drug-likeness (QED) is 0.395. The van der Waals surface area contributed by atoms with Gasteiger partial charge in [0.1, 0.15) is 10.7 Å². The second kappa shape index (κ2) is 8.05. The van der Waals surface area contributed by atoms with Crippen LogP contribution in [-0.4, -0.2) is 15.9 Å². The molecule has 4 rings (SSSR count). The van der Waals surface area contributed by atoms with Gasteiger partial charge in [0, 0.05) is 17.4 Å². The minimum absolute atomic E-state index is 0.171. The van der Waals surface area contributed by atoms with E-state index in [-0.39, 0.29) is 11.1 Å². The van der Waals surface area contributed by atoms with Crippen molar-refractivity contribution in [1.29, 1.82) is 0 Å². The van der Waals surface area contributed by atoms with Gasteiger partial charge in [-0.25, -0.2) is 9.97 Å². The molecule has 1 unspecified atom stereocenters. The Morgan fingerprint density at radius 3 is 2.69 bits per heavy atom. The average Bonchev–Trinajstić information content (AvgIpc) is 3.17. The monoisotopic (exact) mass is 405 g/mol. The summed E-state index contributed by atoms with van der Waals surface area (Å²) in [6.07, 6.45) is 2.62. The van der Waals surface area contributed by atoms with Gasteiger partial charge in [-0.15, -0.1) is 0 Å². The molecule has 1 amide bonds. The van der Waals surface area contributed by atoms with Crippen LogP contribution in [0.15, 0.2) is 65.2 Å². The van der Waals surface area contributed by atoms with Gasteiger partial charge in [-0.05, 0) is 66.4 Å². The Morgan fingerprint density at radius 1 is 1.17 bits per heavy atom. The molecule has 146 valence electrons. The van der Waals surface area contributed by atoms with Crippen LogP contribution in [0.2, 0.25) is 5.15 Å². The number of fused-ring (bicyclic) bond motifs is 1. The minimum Gasteiger partial charge on any atom is -0.436 e. The predicted octanol–water partition coefficient (Wildman–Crippen LogP) is 6.31. The van der Waals surface area contributed by atoms with E-state index < -0.39 is 0 Å². The van der Waals surface area contributed by atoms with Crippen molar-refractivity contribution in [3.05, 3.63) is 77.1 Å². The lowest BCUT2D eigenvalue weighted by molar-refractivity contribution is 0.102. The molecule has 0 radical (unpaired) electrons. The van der Waals surface area contributed by atoms with Gasteiger partial charge in [-0.1, -0.05) is 31.5 Å². The Bertz CT molecular complexity index is 1170. The zero-order valence-corrected chi connectivity index (χ0v) is 16.9. The highest BCUT2D eigenvalue weighted by Crippen LogP contribution is 2.28. The van der Waals surface area contributed by atoms with Gasteiger partial charge in [0.05, 0.1) is 5.56 Å². The molecule has 2 aromatic heterocycles. The van der Waals surface area contributed by atoms with E-state index in [0.29, 0.717) is 23.1 Å². The number of aromatic nitrogens is 2. The Morgan fingerprint density at radius 2 is 1.97 bits per heavy atom. The Hall–Kier alpha value is -3.18. The molecule has 0 spiro atoms.